The van der Waals surface area contributed by atoms with Crippen molar-refractivity contribution in [3.63, 3.8) is 0 Å². The quantitative estimate of drug-likeness (QED) is 0.749. The van der Waals surface area contributed by atoms with Gasteiger partial charge in [-0.1, -0.05) is 46.3 Å². The van der Waals surface area contributed by atoms with E-state index in [1.807, 2.05) is 30.3 Å². The van der Waals surface area contributed by atoms with Crippen molar-refractivity contribution in [1.82, 2.24) is 4.90 Å². The van der Waals surface area contributed by atoms with Crippen molar-refractivity contribution in [2.24, 2.45) is 0 Å². The Labute approximate surface area is 144 Å². The van der Waals surface area contributed by atoms with Crippen LogP contribution in [0.1, 0.15) is 22.8 Å². The van der Waals surface area contributed by atoms with E-state index in [0.29, 0.717) is 12.1 Å². The van der Waals surface area contributed by atoms with Crippen LogP contribution in [0.4, 0.5) is 0 Å². The molecule has 0 heterocycles. The summed E-state index contributed by atoms with van der Waals surface area (Å²) in [5.41, 5.74) is 1.44. The summed E-state index contributed by atoms with van der Waals surface area (Å²) in [5.74, 6) is -0.745. The van der Waals surface area contributed by atoms with Crippen LogP contribution in [0, 0.1) is 0 Å². The van der Waals surface area contributed by atoms with E-state index in [9.17, 15) is 9.59 Å². The zero-order valence-corrected chi connectivity index (χ0v) is 14.6. The molecule has 1 unspecified atom stereocenters. The van der Waals surface area contributed by atoms with E-state index >= 15 is 0 Å². The highest BCUT2D eigenvalue weighted by Gasteiger charge is 2.22. The van der Waals surface area contributed by atoms with E-state index in [0.717, 1.165) is 10.0 Å². The van der Waals surface area contributed by atoms with E-state index in [1.165, 1.54) is 0 Å². The Hall–Kier alpha value is -2.14. The van der Waals surface area contributed by atoms with Crippen LogP contribution in [0.25, 0.3) is 0 Å². The van der Waals surface area contributed by atoms with Crippen molar-refractivity contribution in [3.8, 4) is 0 Å². The van der Waals surface area contributed by atoms with Crippen LogP contribution in [0.2, 0.25) is 0 Å². The number of halogens is 1. The van der Waals surface area contributed by atoms with E-state index in [1.54, 1.807) is 43.1 Å². The van der Waals surface area contributed by atoms with Crippen molar-refractivity contribution >= 4 is 27.8 Å². The highest BCUT2D eigenvalue weighted by Crippen LogP contribution is 2.13. The second-order valence-electron chi connectivity index (χ2n) is 5.23. The maximum Gasteiger partial charge on any atom is 0.338 e. The first kappa shape index (κ1) is 17.2. The number of hydrogen-bond acceptors (Lipinski definition) is 3. The fourth-order valence-corrected chi connectivity index (χ4v) is 2.37. The number of carbonyl (C=O) groups excluding carboxylic acids is 2. The molecule has 0 spiro atoms. The highest BCUT2D eigenvalue weighted by atomic mass is 79.9. The van der Waals surface area contributed by atoms with Gasteiger partial charge in [0.1, 0.15) is 0 Å². The summed E-state index contributed by atoms with van der Waals surface area (Å²) < 4.78 is 6.13. The van der Waals surface area contributed by atoms with Crippen molar-refractivity contribution < 1.29 is 14.3 Å². The molecule has 0 aliphatic rings. The zero-order valence-electron chi connectivity index (χ0n) is 13.0. The number of carbonyl (C=O) groups is 2. The Kier molecular flexibility index (Phi) is 5.93. The van der Waals surface area contributed by atoms with Gasteiger partial charge < -0.3 is 9.64 Å². The Balaban J connectivity index is 1.93. The number of likely N-dealkylation sites (N-methyl/N-ethyl adjacent to an activating group) is 1. The molecular formula is C18H18BrNO3. The topological polar surface area (TPSA) is 46.6 Å². The number of rotatable bonds is 5. The Morgan fingerprint density at radius 2 is 1.70 bits per heavy atom. The molecule has 1 atom stereocenters. The monoisotopic (exact) mass is 375 g/mol. The summed E-state index contributed by atoms with van der Waals surface area (Å²) in [6.45, 7) is 2.06. The van der Waals surface area contributed by atoms with Gasteiger partial charge in [0.05, 0.1) is 5.56 Å². The van der Waals surface area contributed by atoms with Crippen LogP contribution in [0.5, 0.6) is 0 Å². The third kappa shape index (κ3) is 4.93. The van der Waals surface area contributed by atoms with Gasteiger partial charge in [-0.15, -0.1) is 0 Å². The molecule has 4 nitrogen and oxygen atoms in total. The largest absolute Gasteiger partial charge is 0.449 e. The minimum Gasteiger partial charge on any atom is -0.449 e. The van der Waals surface area contributed by atoms with Gasteiger partial charge in [-0.05, 0) is 36.8 Å². The Bertz CT molecular complexity index is 670. The molecule has 0 fully saturated rings. The standard InChI is InChI=1S/C18H18BrNO3/c1-13(23-18(22)15-8-10-16(19)11-9-15)17(21)20(2)12-14-6-4-3-5-7-14/h3-11,13H,12H2,1-2H3. The summed E-state index contributed by atoms with van der Waals surface area (Å²) in [6.07, 6.45) is -0.833. The average Bonchev–Trinajstić information content (AvgIpc) is 2.55. The lowest BCUT2D eigenvalue weighted by atomic mass is 10.2. The minimum atomic E-state index is -0.833. The molecule has 1 amide bonds. The molecule has 0 aliphatic heterocycles. The molecule has 2 rings (SSSR count). The van der Waals surface area contributed by atoms with Gasteiger partial charge >= 0.3 is 5.97 Å². The summed E-state index contributed by atoms with van der Waals surface area (Å²) in [7, 11) is 1.69. The van der Waals surface area contributed by atoms with Gasteiger partial charge in [0.15, 0.2) is 6.10 Å². The third-order valence-electron chi connectivity index (χ3n) is 3.35. The van der Waals surface area contributed by atoms with E-state index in [2.05, 4.69) is 15.9 Å². The predicted octanol–water partition coefficient (Wildman–Crippen LogP) is 3.65. The molecule has 0 saturated carbocycles. The van der Waals surface area contributed by atoms with Crippen molar-refractivity contribution in [2.75, 3.05) is 7.05 Å². The lowest BCUT2D eigenvalue weighted by molar-refractivity contribution is -0.139. The van der Waals surface area contributed by atoms with Gasteiger partial charge in [-0.25, -0.2) is 4.79 Å². The zero-order chi connectivity index (χ0) is 16.8. The van der Waals surface area contributed by atoms with Gasteiger partial charge in [0.25, 0.3) is 5.91 Å². The second kappa shape index (κ2) is 7.92. The first-order valence-electron chi connectivity index (χ1n) is 7.23. The molecule has 0 aromatic heterocycles. The average molecular weight is 376 g/mol. The molecule has 0 bridgehead atoms. The van der Waals surface area contributed by atoms with Crippen LogP contribution >= 0.6 is 15.9 Å². The fraction of sp³-hybridized carbons (Fsp3) is 0.222. The predicted molar refractivity (Wildman–Crippen MR) is 91.9 cm³/mol. The molecule has 5 heteroatoms. The van der Waals surface area contributed by atoms with Gasteiger partial charge in [-0.2, -0.15) is 0 Å². The van der Waals surface area contributed by atoms with E-state index in [-0.39, 0.29) is 5.91 Å². The number of amides is 1. The van der Waals surface area contributed by atoms with Gasteiger partial charge in [-0.3, -0.25) is 4.79 Å². The highest BCUT2D eigenvalue weighted by molar-refractivity contribution is 9.10. The molecule has 0 N–H and O–H groups in total. The SMILES string of the molecule is CC(OC(=O)c1ccc(Br)cc1)C(=O)N(C)Cc1ccccc1. The summed E-state index contributed by atoms with van der Waals surface area (Å²) in [6, 6.07) is 16.5. The lowest BCUT2D eigenvalue weighted by Gasteiger charge is -2.21. The minimum absolute atomic E-state index is 0.237. The number of nitrogens with zero attached hydrogens (tertiary/aromatic N) is 1. The summed E-state index contributed by atoms with van der Waals surface area (Å²) >= 11 is 3.31. The summed E-state index contributed by atoms with van der Waals surface area (Å²) in [4.78, 5) is 25.9. The van der Waals surface area contributed by atoms with Crippen LogP contribution in [-0.4, -0.2) is 29.9 Å². The van der Waals surface area contributed by atoms with Crippen molar-refractivity contribution in [2.45, 2.75) is 19.6 Å². The lowest BCUT2D eigenvalue weighted by Crippen LogP contribution is -2.37. The van der Waals surface area contributed by atoms with Crippen LogP contribution < -0.4 is 0 Å². The molecular weight excluding hydrogens is 358 g/mol. The van der Waals surface area contributed by atoms with Crippen molar-refractivity contribution in [3.05, 3.63) is 70.2 Å². The summed E-state index contributed by atoms with van der Waals surface area (Å²) in [5, 5.41) is 0. The van der Waals surface area contributed by atoms with E-state index in [4.69, 9.17) is 4.74 Å². The van der Waals surface area contributed by atoms with Crippen LogP contribution in [-0.2, 0) is 16.1 Å². The third-order valence-corrected chi connectivity index (χ3v) is 3.88. The Morgan fingerprint density at radius 1 is 1.09 bits per heavy atom. The Morgan fingerprint density at radius 3 is 2.30 bits per heavy atom. The van der Waals surface area contributed by atoms with Gasteiger partial charge in [0.2, 0.25) is 0 Å². The first-order chi connectivity index (χ1) is 11.0. The molecule has 0 aliphatic carbocycles. The smallest absolute Gasteiger partial charge is 0.338 e. The molecule has 120 valence electrons. The number of ether oxygens (including phenoxy) is 1. The van der Waals surface area contributed by atoms with E-state index < -0.39 is 12.1 Å². The molecule has 2 aromatic rings. The van der Waals surface area contributed by atoms with Gasteiger partial charge in [0, 0.05) is 18.1 Å². The number of hydrogen-bond donors (Lipinski definition) is 0. The maximum absolute atomic E-state index is 12.3. The fourth-order valence-electron chi connectivity index (χ4n) is 2.11. The normalized spacial score (nSPS) is 11.6. The number of esters is 1. The number of benzene rings is 2. The molecule has 2 aromatic carbocycles. The van der Waals surface area contributed by atoms with Crippen LogP contribution in [0.15, 0.2) is 59.1 Å². The first-order valence-corrected chi connectivity index (χ1v) is 8.02. The van der Waals surface area contributed by atoms with Crippen molar-refractivity contribution in [1.29, 1.82) is 0 Å². The molecule has 0 radical (unpaired) electrons. The van der Waals surface area contributed by atoms with Crippen LogP contribution in [0.3, 0.4) is 0 Å². The maximum atomic E-state index is 12.3. The molecule has 0 saturated heterocycles. The molecule has 23 heavy (non-hydrogen) atoms. The second-order valence-corrected chi connectivity index (χ2v) is 6.15.